The molecule has 2 heterocycles. The number of carbonyl (C=O) groups is 1. The van der Waals surface area contributed by atoms with Crippen LogP contribution in [0.25, 0.3) is 10.1 Å². The zero-order valence-electron chi connectivity index (χ0n) is 14.0. The number of benzene rings is 2. The van der Waals surface area contributed by atoms with Crippen molar-refractivity contribution in [2.75, 3.05) is 18.8 Å². The number of carbonyl (C=O) groups excluding carboxylic acids is 1. The molecule has 0 radical (unpaired) electrons. The van der Waals surface area contributed by atoms with E-state index in [9.17, 15) is 13.6 Å². The first-order valence-corrected chi connectivity index (χ1v) is 10.3. The Morgan fingerprint density at radius 3 is 2.77 bits per heavy atom. The van der Waals surface area contributed by atoms with Crippen LogP contribution < -0.4 is 0 Å². The van der Waals surface area contributed by atoms with Gasteiger partial charge in [-0.1, -0.05) is 18.2 Å². The van der Waals surface area contributed by atoms with Crippen molar-refractivity contribution in [3.05, 3.63) is 70.6 Å². The van der Waals surface area contributed by atoms with Gasteiger partial charge in [0.25, 0.3) is 5.91 Å². The molecule has 1 saturated heterocycles. The standard InChI is InChI=1S/C20H17F2NOS2/c21-14-5-6-16(22)15(12-14)18-7-8-23(9-10-25-18)20(24)19-11-13-3-1-2-4-17(13)26-19/h1-6,11-12,18H,7-10H2. The highest BCUT2D eigenvalue weighted by atomic mass is 32.2. The van der Waals surface area contributed by atoms with Crippen LogP contribution in [0, 0.1) is 11.6 Å². The van der Waals surface area contributed by atoms with Crippen molar-refractivity contribution in [3.8, 4) is 0 Å². The summed E-state index contributed by atoms with van der Waals surface area (Å²) in [4.78, 5) is 15.4. The molecular formula is C20H17F2NOS2. The molecule has 1 atom stereocenters. The molecule has 6 heteroatoms. The van der Waals surface area contributed by atoms with E-state index >= 15 is 0 Å². The summed E-state index contributed by atoms with van der Waals surface area (Å²) in [5, 5.41) is 0.940. The lowest BCUT2D eigenvalue weighted by Crippen LogP contribution is -2.32. The first-order valence-electron chi connectivity index (χ1n) is 8.46. The molecule has 0 spiro atoms. The second-order valence-corrected chi connectivity index (χ2v) is 8.65. The zero-order chi connectivity index (χ0) is 18.1. The molecule has 0 saturated carbocycles. The van der Waals surface area contributed by atoms with E-state index in [-0.39, 0.29) is 17.0 Å². The molecule has 1 aromatic heterocycles. The summed E-state index contributed by atoms with van der Waals surface area (Å²) in [5.41, 5.74) is 0.395. The van der Waals surface area contributed by atoms with Crippen molar-refractivity contribution in [1.29, 1.82) is 0 Å². The lowest BCUT2D eigenvalue weighted by atomic mass is 10.1. The van der Waals surface area contributed by atoms with Crippen molar-refractivity contribution in [2.45, 2.75) is 11.7 Å². The fourth-order valence-electron chi connectivity index (χ4n) is 3.23. The average Bonchev–Trinajstić information content (AvgIpc) is 2.93. The Kier molecular flexibility index (Phi) is 4.96. The maximum atomic E-state index is 14.1. The first-order chi connectivity index (χ1) is 12.6. The quantitative estimate of drug-likeness (QED) is 0.577. The molecule has 1 fully saturated rings. The predicted molar refractivity (Wildman–Crippen MR) is 104 cm³/mol. The number of amides is 1. The van der Waals surface area contributed by atoms with Gasteiger partial charge >= 0.3 is 0 Å². The number of nitrogens with zero attached hydrogens (tertiary/aromatic N) is 1. The largest absolute Gasteiger partial charge is 0.337 e. The van der Waals surface area contributed by atoms with Crippen LogP contribution in [0.3, 0.4) is 0 Å². The van der Waals surface area contributed by atoms with Crippen molar-refractivity contribution < 1.29 is 13.6 Å². The normalized spacial score (nSPS) is 18.1. The van der Waals surface area contributed by atoms with E-state index in [1.54, 1.807) is 11.8 Å². The van der Waals surface area contributed by atoms with Gasteiger partial charge in [-0.2, -0.15) is 11.8 Å². The minimum atomic E-state index is -0.426. The van der Waals surface area contributed by atoms with Crippen LogP contribution in [-0.2, 0) is 0 Å². The van der Waals surface area contributed by atoms with Gasteiger partial charge in [-0.3, -0.25) is 4.79 Å². The molecule has 0 bridgehead atoms. The Hall–Kier alpha value is -1.92. The minimum Gasteiger partial charge on any atom is -0.337 e. The SMILES string of the molecule is O=C(c1cc2ccccc2s1)N1CCSC(c2cc(F)ccc2F)CC1. The predicted octanol–water partition coefficient (Wildman–Crippen LogP) is 5.50. The van der Waals surface area contributed by atoms with Crippen LogP contribution in [-0.4, -0.2) is 29.6 Å². The molecule has 0 aliphatic carbocycles. The summed E-state index contributed by atoms with van der Waals surface area (Å²) >= 11 is 3.08. The van der Waals surface area contributed by atoms with E-state index in [0.717, 1.165) is 21.0 Å². The third kappa shape index (κ3) is 3.48. The molecule has 2 nitrogen and oxygen atoms in total. The second kappa shape index (κ2) is 7.37. The highest BCUT2D eigenvalue weighted by molar-refractivity contribution is 7.99. The third-order valence-electron chi connectivity index (χ3n) is 4.57. The van der Waals surface area contributed by atoms with E-state index in [1.165, 1.54) is 23.5 Å². The van der Waals surface area contributed by atoms with E-state index < -0.39 is 5.82 Å². The number of hydrogen-bond acceptors (Lipinski definition) is 3. The molecule has 0 N–H and O–H groups in total. The molecule has 1 unspecified atom stereocenters. The molecule has 134 valence electrons. The summed E-state index contributed by atoms with van der Waals surface area (Å²) in [6, 6.07) is 13.5. The lowest BCUT2D eigenvalue weighted by molar-refractivity contribution is 0.0771. The van der Waals surface area contributed by atoms with Crippen LogP contribution in [0.1, 0.15) is 26.9 Å². The molecule has 2 aromatic carbocycles. The summed E-state index contributed by atoms with van der Waals surface area (Å²) in [6.07, 6.45) is 0.613. The van der Waals surface area contributed by atoms with Crippen LogP contribution in [0.5, 0.6) is 0 Å². The van der Waals surface area contributed by atoms with E-state index in [2.05, 4.69) is 0 Å². The molecule has 1 amide bonds. The fraction of sp³-hybridized carbons (Fsp3) is 0.250. The van der Waals surface area contributed by atoms with Gasteiger partial charge in [-0.05, 0) is 42.1 Å². The van der Waals surface area contributed by atoms with Crippen LogP contribution in [0.2, 0.25) is 0 Å². The Morgan fingerprint density at radius 1 is 1.08 bits per heavy atom. The van der Waals surface area contributed by atoms with Gasteiger partial charge in [0.05, 0.1) is 4.88 Å². The number of halogens is 2. The van der Waals surface area contributed by atoms with Gasteiger partial charge in [0, 0.05) is 34.4 Å². The topological polar surface area (TPSA) is 20.3 Å². The summed E-state index contributed by atoms with van der Waals surface area (Å²) < 4.78 is 28.7. The van der Waals surface area contributed by atoms with Crippen LogP contribution >= 0.6 is 23.1 Å². The molecule has 3 aromatic rings. The van der Waals surface area contributed by atoms with Gasteiger partial charge in [0.15, 0.2) is 0 Å². The molecule has 1 aliphatic rings. The van der Waals surface area contributed by atoms with Crippen molar-refractivity contribution in [2.24, 2.45) is 0 Å². The van der Waals surface area contributed by atoms with E-state index in [4.69, 9.17) is 0 Å². The number of thioether (sulfide) groups is 1. The summed E-state index contributed by atoms with van der Waals surface area (Å²) in [5.74, 6) is -0.0816. The van der Waals surface area contributed by atoms with Crippen LogP contribution in [0.4, 0.5) is 8.78 Å². The summed E-state index contributed by atoms with van der Waals surface area (Å²) in [7, 11) is 0. The highest BCUT2D eigenvalue weighted by Crippen LogP contribution is 2.36. The van der Waals surface area contributed by atoms with Gasteiger partial charge in [0.2, 0.25) is 0 Å². The van der Waals surface area contributed by atoms with Gasteiger partial charge in [-0.15, -0.1) is 11.3 Å². The van der Waals surface area contributed by atoms with E-state index in [0.29, 0.717) is 30.8 Å². The van der Waals surface area contributed by atoms with Gasteiger partial charge in [-0.25, -0.2) is 8.78 Å². The summed E-state index contributed by atoms with van der Waals surface area (Å²) in [6.45, 7) is 1.16. The van der Waals surface area contributed by atoms with Crippen LogP contribution in [0.15, 0.2) is 48.5 Å². The molecule has 4 rings (SSSR count). The average molecular weight is 389 g/mol. The van der Waals surface area contributed by atoms with Crippen molar-refractivity contribution in [3.63, 3.8) is 0 Å². The Morgan fingerprint density at radius 2 is 1.92 bits per heavy atom. The monoisotopic (exact) mass is 389 g/mol. The molecular weight excluding hydrogens is 372 g/mol. The third-order valence-corrected chi connectivity index (χ3v) is 6.98. The Bertz CT molecular complexity index is 923. The van der Waals surface area contributed by atoms with Gasteiger partial charge < -0.3 is 4.90 Å². The Labute approximate surface area is 158 Å². The maximum absolute atomic E-state index is 14.1. The molecule has 1 aliphatic heterocycles. The number of hydrogen-bond donors (Lipinski definition) is 0. The fourth-order valence-corrected chi connectivity index (χ4v) is 5.50. The number of fused-ring (bicyclic) bond motifs is 1. The van der Waals surface area contributed by atoms with Crippen molar-refractivity contribution >= 4 is 39.1 Å². The number of rotatable bonds is 2. The molecule has 26 heavy (non-hydrogen) atoms. The van der Waals surface area contributed by atoms with E-state index in [1.807, 2.05) is 35.2 Å². The second-order valence-electron chi connectivity index (χ2n) is 6.25. The van der Waals surface area contributed by atoms with Gasteiger partial charge in [0.1, 0.15) is 11.6 Å². The first kappa shape index (κ1) is 17.5. The highest BCUT2D eigenvalue weighted by Gasteiger charge is 2.25. The minimum absolute atomic E-state index is 0.0205. The number of thiophene rings is 1. The maximum Gasteiger partial charge on any atom is 0.263 e. The smallest absolute Gasteiger partial charge is 0.263 e. The zero-order valence-corrected chi connectivity index (χ0v) is 15.6. The van der Waals surface area contributed by atoms with Crippen molar-refractivity contribution in [1.82, 2.24) is 4.90 Å². The Balaban J connectivity index is 1.51. The lowest BCUT2D eigenvalue weighted by Gasteiger charge is -2.19.